The van der Waals surface area contributed by atoms with Gasteiger partial charge in [-0.05, 0) is 48.5 Å². The molecule has 0 radical (unpaired) electrons. The minimum absolute atomic E-state index is 0. The van der Waals surface area contributed by atoms with Crippen molar-refractivity contribution in [1.29, 1.82) is 0 Å². The van der Waals surface area contributed by atoms with Gasteiger partial charge in [0.05, 0.1) is 0 Å². The standard InChI is InChI=1S/4C6H6O.2Zn/c4*7-6-4-2-1-3-5-6;;/h4*1-5,7H;;. The average Bonchev–Trinajstić information content (AvgIpc) is 2.72. The fourth-order valence-corrected chi connectivity index (χ4v) is 1.71. The Hall–Kier alpha value is -2.67. The molecule has 4 aromatic rings. The minimum Gasteiger partial charge on any atom is -0.508 e. The van der Waals surface area contributed by atoms with Crippen molar-refractivity contribution in [3.63, 3.8) is 0 Å². The maximum Gasteiger partial charge on any atom is 0.115 e. The van der Waals surface area contributed by atoms with E-state index in [9.17, 15) is 0 Å². The van der Waals surface area contributed by atoms with Crippen LogP contribution in [0.25, 0.3) is 0 Å². The molecule has 0 aliphatic rings. The predicted octanol–water partition coefficient (Wildman–Crippen LogP) is 5.56. The van der Waals surface area contributed by atoms with Crippen molar-refractivity contribution in [2.45, 2.75) is 0 Å². The first-order valence-electron chi connectivity index (χ1n) is 8.54. The fraction of sp³-hybridized carbons (Fsp3) is 0. The molecule has 0 atom stereocenters. The molecule has 0 bridgehead atoms. The molecular formula is C24H24O4Zn2. The Morgan fingerprint density at radius 3 is 0.467 bits per heavy atom. The summed E-state index contributed by atoms with van der Waals surface area (Å²) in [6, 6.07) is 34.9. The summed E-state index contributed by atoms with van der Waals surface area (Å²) in [6.07, 6.45) is 0. The van der Waals surface area contributed by atoms with Crippen LogP contribution in [0.15, 0.2) is 121 Å². The van der Waals surface area contributed by atoms with E-state index in [-0.39, 0.29) is 39.0 Å². The topological polar surface area (TPSA) is 80.9 Å². The zero-order valence-electron chi connectivity index (χ0n) is 16.8. The van der Waals surface area contributed by atoms with Crippen molar-refractivity contribution < 1.29 is 59.4 Å². The molecule has 4 rings (SSSR count). The molecule has 0 heterocycles. The Balaban J connectivity index is 0. The summed E-state index contributed by atoms with van der Waals surface area (Å²) in [5.74, 6) is 1.29. The van der Waals surface area contributed by atoms with E-state index < -0.39 is 0 Å². The maximum absolute atomic E-state index is 8.63. The van der Waals surface area contributed by atoms with Crippen LogP contribution < -0.4 is 0 Å². The number of hydrogen-bond acceptors (Lipinski definition) is 4. The molecule has 0 saturated carbocycles. The largest absolute Gasteiger partial charge is 0.508 e. The maximum atomic E-state index is 8.63. The molecule has 4 N–H and O–H groups in total. The Kier molecular flexibility index (Phi) is 19.3. The van der Waals surface area contributed by atoms with Gasteiger partial charge >= 0.3 is 0 Å². The first kappa shape index (κ1) is 29.5. The molecule has 0 aliphatic heterocycles. The zero-order chi connectivity index (χ0) is 20.5. The summed E-state index contributed by atoms with van der Waals surface area (Å²) in [6.45, 7) is 0. The van der Waals surface area contributed by atoms with Crippen molar-refractivity contribution >= 4 is 0 Å². The first-order chi connectivity index (χ1) is 13.6. The summed E-state index contributed by atoms with van der Waals surface area (Å²) in [5.41, 5.74) is 0. The van der Waals surface area contributed by atoms with Crippen LogP contribution >= 0.6 is 0 Å². The molecule has 0 amide bonds. The second-order valence-corrected chi connectivity index (χ2v) is 5.34. The van der Waals surface area contributed by atoms with E-state index in [1.165, 1.54) is 0 Å². The molecule has 4 nitrogen and oxygen atoms in total. The van der Waals surface area contributed by atoms with Crippen molar-refractivity contribution in [2.75, 3.05) is 0 Å². The van der Waals surface area contributed by atoms with Gasteiger partial charge in [-0.1, -0.05) is 72.8 Å². The van der Waals surface area contributed by atoms with E-state index >= 15 is 0 Å². The van der Waals surface area contributed by atoms with E-state index in [1.54, 1.807) is 97.1 Å². The van der Waals surface area contributed by atoms with Crippen LogP contribution in [0, 0.1) is 0 Å². The van der Waals surface area contributed by atoms with Gasteiger partial charge in [0.25, 0.3) is 0 Å². The van der Waals surface area contributed by atoms with Gasteiger partial charge in [0.1, 0.15) is 23.0 Å². The van der Waals surface area contributed by atoms with Gasteiger partial charge in [-0.15, -0.1) is 0 Å². The van der Waals surface area contributed by atoms with Gasteiger partial charge in [0, 0.05) is 39.0 Å². The number of para-hydroxylation sites is 4. The molecule has 0 aliphatic carbocycles. The predicted molar refractivity (Wildman–Crippen MR) is 112 cm³/mol. The van der Waals surface area contributed by atoms with Crippen LogP contribution in [0.3, 0.4) is 0 Å². The van der Waals surface area contributed by atoms with E-state index in [2.05, 4.69) is 0 Å². The third-order valence-electron chi connectivity index (χ3n) is 3.02. The summed E-state index contributed by atoms with van der Waals surface area (Å²) >= 11 is 0. The summed E-state index contributed by atoms with van der Waals surface area (Å²) in [4.78, 5) is 0. The Morgan fingerprint density at radius 2 is 0.400 bits per heavy atom. The van der Waals surface area contributed by atoms with E-state index in [4.69, 9.17) is 20.4 Å². The van der Waals surface area contributed by atoms with Crippen molar-refractivity contribution in [3.05, 3.63) is 121 Å². The smallest absolute Gasteiger partial charge is 0.115 e. The Morgan fingerprint density at radius 1 is 0.267 bits per heavy atom. The van der Waals surface area contributed by atoms with Crippen molar-refractivity contribution in [1.82, 2.24) is 0 Å². The van der Waals surface area contributed by atoms with Crippen LogP contribution in [-0.2, 0) is 39.0 Å². The number of phenolic OH excluding ortho intramolecular Hbond substituents is 4. The minimum atomic E-state index is 0. The van der Waals surface area contributed by atoms with Gasteiger partial charge in [-0.25, -0.2) is 0 Å². The number of phenols is 4. The number of aromatic hydroxyl groups is 4. The molecule has 6 heteroatoms. The quantitative estimate of drug-likeness (QED) is 0.235. The van der Waals surface area contributed by atoms with Crippen LogP contribution in [0.5, 0.6) is 23.0 Å². The molecular weight excluding hydrogens is 483 g/mol. The average molecular weight is 507 g/mol. The van der Waals surface area contributed by atoms with Crippen LogP contribution in [0.2, 0.25) is 0 Å². The van der Waals surface area contributed by atoms with Crippen LogP contribution in [0.1, 0.15) is 0 Å². The second-order valence-electron chi connectivity index (χ2n) is 5.34. The molecule has 30 heavy (non-hydrogen) atoms. The normalized spacial score (nSPS) is 8.00. The van der Waals surface area contributed by atoms with E-state index in [0.717, 1.165) is 0 Å². The zero-order valence-corrected chi connectivity index (χ0v) is 22.7. The molecule has 0 spiro atoms. The third-order valence-corrected chi connectivity index (χ3v) is 3.02. The van der Waals surface area contributed by atoms with Gasteiger partial charge in [0.15, 0.2) is 0 Å². The molecule has 4 aromatic carbocycles. The molecule has 0 unspecified atom stereocenters. The number of hydrogen-bond donors (Lipinski definition) is 4. The first-order valence-corrected chi connectivity index (χ1v) is 8.54. The fourth-order valence-electron chi connectivity index (χ4n) is 1.71. The van der Waals surface area contributed by atoms with Gasteiger partial charge < -0.3 is 20.4 Å². The Labute approximate surface area is 203 Å². The molecule has 0 saturated heterocycles. The summed E-state index contributed by atoms with van der Waals surface area (Å²) < 4.78 is 0. The van der Waals surface area contributed by atoms with Crippen molar-refractivity contribution in [3.8, 4) is 23.0 Å². The summed E-state index contributed by atoms with van der Waals surface area (Å²) in [5, 5.41) is 34.5. The molecule has 0 fully saturated rings. The Bertz CT molecular complexity index is 697. The molecule has 0 aromatic heterocycles. The second kappa shape index (κ2) is 19.6. The third kappa shape index (κ3) is 17.4. The van der Waals surface area contributed by atoms with Gasteiger partial charge in [-0.3, -0.25) is 0 Å². The van der Waals surface area contributed by atoms with Crippen LogP contribution in [-0.4, -0.2) is 20.4 Å². The molecule has 148 valence electrons. The monoisotopic (exact) mass is 504 g/mol. The van der Waals surface area contributed by atoms with Crippen LogP contribution in [0.4, 0.5) is 0 Å². The van der Waals surface area contributed by atoms with Gasteiger partial charge in [-0.2, -0.15) is 0 Å². The van der Waals surface area contributed by atoms with Gasteiger partial charge in [0.2, 0.25) is 0 Å². The van der Waals surface area contributed by atoms with E-state index in [0.29, 0.717) is 23.0 Å². The SMILES string of the molecule is Oc1ccccc1.Oc1ccccc1.Oc1ccccc1.Oc1ccccc1.[Zn].[Zn]. The van der Waals surface area contributed by atoms with Crippen molar-refractivity contribution in [2.24, 2.45) is 0 Å². The number of benzene rings is 4. The van der Waals surface area contributed by atoms with E-state index in [1.807, 2.05) is 24.3 Å². The summed E-state index contributed by atoms with van der Waals surface area (Å²) in [7, 11) is 0. The number of rotatable bonds is 0.